The molecule has 20 heavy (non-hydrogen) atoms. The van der Waals surface area contributed by atoms with E-state index in [0.29, 0.717) is 23.4 Å². The van der Waals surface area contributed by atoms with Crippen molar-refractivity contribution in [2.24, 2.45) is 0 Å². The van der Waals surface area contributed by atoms with E-state index in [0.717, 1.165) is 0 Å². The van der Waals surface area contributed by atoms with Gasteiger partial charge in [0.1, 0.15) is 11.6 Å². The Bertz CT molecular complexity index is 623. The predicted molar refractivity (Wildman–Crippen MR) is 76.6 cm³/mol. The molecule has 104 valence electrons. The molecular formula is C16H16FNO2. The number of hydrogen-bond donors (Lipinski definition) is 1. The van der Waals surface area contributed by atoms with Crippen LogP contribution in [0.25, 0.3) is 0 Å². The third kappa shape index (κ3) is 2.79. The van der Waals surface area contributed by atoms with Gasteiger partial charge in [0.15, 0.2) is 0 Å². The number of nitrogens with zero attached hydrogens (tertiary/aromatic N) is 1. The Morgan fingerprint density at radius 1 is 1.20 bits per heavy atom. The number of amides is 1. The van der Waals surface area contributed by atoms with E-state index < -0.39 is 0 Å². The molecule has 2 aromatic carbocycles. The summed E-state index contributed by atoms with van der Waals surface area (Å²) in [7, 11) is 0. The number of phenols is 1. The smallest absolute Gasteiger partial charge is 0.258 e. The summed E-state index contributed by atoms with van der Waals surface area (Å²) in [5, 5.41) is 9.40. The topological polar surface area (TPSA) is 40.5 Å². The van der Waals surface area contributed by atoms with E-state index in [9.17, 15) is 14.3 Å². The lowest BCUT2D eigenvalue weighted by Gasteiger charge is -2.22. The van der Waals surface area contributed by atoms with Gasteiger partial charge in [-0.05, 0) is 61.9 Å². The largest absolute Gasteiger partial charge is 0.508 e. The highest BCUT2D eigenvalue weighted by molar-refractivity contribution is 6.07. The zero-order valence-electron chi connectivity index (χ0n) is 11.4. The fourth-order valence-corrected chi connectivity index (χ4v) is 2.10. The second-order valence-electron chi connectivity index (χ2n) is 4.53. The van der Waals surface area contributed by atoms with Crippen molar-refractivity contribution in [3.05, 3.63) is 59.4 Å². The maximum atomic E-state index is 13.0. The second kappa shape index (κ2) is 5.74. The van der Waals surface area contributed by atoms with Crippen LogP contribution in [0.2, 0.25) is 0 Å². The van der Waals surface area contributed by atoms with Crippen molar-refractivity contribution < 1.29 is 14.3 Å². The van der Waals surface area contributed by atoms with Gasteiger partial charge < -0.3 is 10.0 Å². The number of hydrogen-bond acceptors (Lipinski definition) is 2. The molecule has 4 heteroatoms. The number of anilines is 1. The summed E-state index contributed by atoms with van der Waals surface area (Å²) in [4.78, 5) is 14.1. The lowest BCUT2D eigenvalue weighted by molar-refractivity contribution is 0.0987. The SMILES string of the molecule is CCN(C(=O)c1ccc(O)cc1C)c1ccc(F)cc1. The molecule has 2 rings (SSSR count). The van der Waals surface area contributed by atoms with Gasteiger partial charge in [-0.2, -0.15) is 0 Å². The van der Waals surface area contributed by atoms with E-state index in [4.69, 9.17) is 0 Å². The Balaban J connectivity index is 2.36. The first-order valence-electron chi connectivity index (χ1n) is 6.40. The van der Waals surface area contributed by atoms with Crippen LogP contribution in [0, 0.1) is 12.7 Å². The zero-order chi connectivity index (χ0) is 14.7. The van der Waals surface area contributed by atoms with Crippen molar-refractivity contribution >= 4 is 11.6 Å². The summed E-state index contributed by atoms with van der Waals surface area (Å²) in [6, 6.07) is 10.4. The van der Waals surface area contributed by atoms with Gasteiger partial charge in [-0.15, -0.1) is 0 Å². The molecule has 0 aliphatic rings. The van der Waals surface area contributed by atoms with Gasteiger partial charge in [0.2, 0.25) is 0 Å². The molecule has 1 N–H and O–H groups in total. The van der Waals surface area contributed by atoms with Crippen LogP contribution in [-0.4, -0.2) is 17.6 Å². The van der Waals surface area contributed by atoms with E-state index >= 15 is 0 Å². The maximum Gasteiger partial charge on any atom is 0.258 e. The molecule has 0 saturated carbocycles. The number of aryl methyl sites for hydroxylation is 1. The fraction of sp³-hybridized carbons (Fsp3) is 0.188. The molecule has 0 aromatic heterocycles. The number of carbonyl (C=O) groups is 1. The Kier molecular flexibility index (Phi) is 4.03. The van der Waals surface area contributed by atoms with Gasteiger partial charge in [-0.25, -0.2) is 4.39 Å². The van der Waals surface area contributed by atoms with Gasteiger partial charge in [-0.3, -0.25) is 4.79 Å². The molecule has 0 atom stereocenters. The Labute approximate surface area is 117 Å². The summed E-state index contributed by atoms with van der Waals surface area (Å²) in [5.74, 6) is -0.376. The van der Waals surface area contributed by atoms with Crippen molar-refractivity contribution in [2.75, 3.05) is 11.4 Å². The molecule has 0 spiro atoms. The van der Waals surface area contributed by atoms with Gasteiger partial charge in [0, 0.05) is 17.8 Å². The van der Waals surface area contributed by atoms with Crippen molar-refractivity contribution in [3.63, 3.8) is 0 Å². The maximum absolute atomic E-state index is 13.0. The summed E-state index contributed by atoms with van der Waals surface area (Å²) in [6.45, 7) is 4.10. The minimum atomic E-state index is -0.335. The number of rotatable bonds is 3. The molecule has 0 bridgehead atoms. The molecule has 0 heterocycles. The minimum Gasteiger partial charge on any atom is -0.508 e. The molecule has 0 aliphatic carbocycles. The van der Waals surface area contributed by atoms with Crippen molar-refractivity contribution in [2.45, 2.75) is 13.8 Å². The summed E-state index contributed by atoms with van der Waals surface area (Å²) >= 11 is 0. The van der Waals surface area contributed by atoms with Gasteiger partial charge in [0.05, 0.1) is 0 Å². The van der Waals surface area contributed by atoms with E-state index in [2.05, 4.69) is 0 Å². The van der Waals surface area contributed by atoms with E-state index in [1.54, 1.807) is 36.1 Å². The first-order valence-corrected chi connectivity index (χ1v) is 6.40. The average Bonchev–Trinajstić information content (AvgIpc) is 2.41. The van der Waals surface area contributed by atoms with Crippen LogP contribution in [0.15, 0.2) is 42.5 Å². The molecule has 0 aliphatic heterocycles. The zero-order valence-corrected chi connectivity index (χ0v) is 11.4. The normalized spacial score (nSPS) is 10.3. The lowest BCUT2D eigenvalue weighted by atomic mass is 10.1. The first-order chi connectivity index (χ1) is 9.52. The van der Waals surface area contributed by atoms with Crippen LogP contribution in [0.5, 0.6) is 5.75 Å². The lowest BCUT2D eigenvalue weighted by Crippen LogP contribution is -2.31. The van der Waals surface area contributed by atoms with Gasteiger partial charge in [0.25, 0.3) is 5.91 Å². The standard InChI is InChI=1S/C16H16FNO2/c1-3-18(13-6-4-12(17)5-7-13)16(20)15-9-8-14(19)10-11(15)2/h4-10,19H,3H2,1-2H3. The Morgan fingerprint density at radius 2 is 1.85 bits per heavy atom. The van der Waals surface area contributed by atoms with Crippen LogP contribution in [-0.2, 0) is 0 Å². The predicted octanol–water partition coefficient (Wildman–Crippen LogP) is 3.51. The molecule has 3 nitrogen and oxygen atoms in total. The summed E-state index contributed by atoms with van der Waals surface area (Å²) < 4.78 is 13.0. The van der Waals surface area contributed by atoms with Gasteiger partial charge in [-0.1, -0.05) is 0 Å². The first kappa shape index (κ1) is 14.1. The number of halogens is 1. The average molecular weight is 273 g/mol. The molecule has 0 fully saturated rings. The molecule has 0 saturated heterocycles. The molecule has 2 aromatic rings. The highest BCUT2D eigenvalue weighted by Crippen LogP contribution is 2.21. The number of carbonyl (C=O) groups excluding carboxylic acids is 1. The Hall–Kier alpha value is -2.36. The van der Waals surface area contributed by atoms with Crippen molar-refractivity contribution in [3.8, 4) is 5.75 Å². The second-order valence-corrected chi connectivity index (χ2v) is 4.53. The highest BCUT2D eigenvalue weighted by atomic mass is 19.1. The third-order valence-corrected chi connectivity index (χ3v) is 3.14. The van der Waals surface area contributed by atoms with Gasteiger partial charge >= 0.3 is 0 Å². The highest BCUT2D eigenvalue weighted by Gasteiger charge is 2.18. The quantitative estimate of drug-likeness (QED) is 0.929. The monoisotopic (exact) mass is 273 g/mol. The molecular weight excluding hydrogens is 257 g/mol. The van der Waals surface area contributed by atoms with E-state index in [1.807, 2.05) is 6.92 Å². The van der Waals surface area contributed by atoms with E-state index in [-0.39, 0.29) is 17.5 Å². The van der Waals surface area contributed by atoms with Crippen LogP contribution in [0.1, 0.15) is 22.8 Å². The van der Waals surface area contributed by atoms with Crippen LogP contribution < -0.4 is 4.90 Å². The molecule has 0 unspecified atom stereocenters. The minimum absolute atomic E-state index is 0.129. The van der Waals surface area contributed by atoms with E-state index in [1.165, 1.54) is 18.2 Å². The summed E-state index contributed by atoms with van der Waals surface area (Å²) in [5.41, 5.74) is 1.87. The number of phenolic OH excluding ortho intramolecular Hbond substituents is 1. The third-order valence-electron chi connectivity index (χ3n) is 3.14. The summed E-state index contributed by atoms with van der Waals surface area (Å²) in [6.07, 6.45) is 0. The number of benzene rings is 2. The molecule has 0 radical (unpaired) electrons. The van der Waals surface area contributed by atoms with Crippen molar-refractivity contribution in [1.29, 1.82) is 0 Å². The van der Waals surface area contributed by atoms with Crippen molar-refractivity contribution in [1.82, 2.24) is 0 Å². The Morgan fingerprint density at radius 3 is 2.40 bits per heavy atom. The van der Waals surface area contributed by atoms with Crippen LogP contribution in [0.4, 0.5) is 10.1 Å². The molecule has 1 amide bonds. The fourth-order valence-electron chi connectivity index (χ4n) is 2.10. The van der Waals surface area contributed by atoms with Crippen LogP contribution >= 0.6 is 0 Å². The number of aromatic hydroxyl groups is 1. The van der Waals surface area contributed by atoms with Crippen LogP contribution in [0.3, 0.4) is 0 Å².